The molecule has 2 bridgehead atoms. The molecule has 1 aromatic rings. The lowest BCUT2D eigenvalue weighted by Crippen LogP contribution is -2.50. The molecule has 0 heterocycles. The highest BCUT2D eigenvalue weighted by atomic mass is 32.2. The van der Waals surface area contributed by atoms with Gasteiger partial charge in [0.05, 0.1) is 0 Å². The Morgan fingerprint density at radius 1 is 1.08 bits per heavy atom. The molecular weight excluding hydrogens is 318 g/mol. The normalized spacial score (nSPS) is 31.0. The summed E-state index contributed by atoms with van der Waals surface area (Å²) in [5.41, 5.74) is 0.848. The third-order valence-corrected chi connectivity index (χ3v) is 8.61. The highest BCUT2D eigenvalue weighted by Gasteiger charge is 2.42. The summed E-state index contributed by atoms with van der Waals surface area (Å²) >= 11 is 0. The second kappa shape index (κ2) is 6.80. The number of fused-ring (bicyclic) bond motifs is 2. The van der Waals surface area contributed by atoms with Crippen molar-refractivity contribution in [1.82, 2.24) is 4.72 Å². The zero-order valence-corrected chi connectivity index (χ0v) is 16.0. The van der Waals surface area contributed by atoms with Crippen molar-refractivity contribution in [3.05, 3.63) is 35.9 Å². The molecule has 4 atom stereocenters. The van der Waals surface area contributed by atoms with Crippen molar-refractivity contribution in [3.8, 4) is 0 Å². The van der Waals surface area contributed by atoms with E-state index in [2.05, 4.69) is 11.6 Å². The van der Waals surface area contributed by atoms with E-state index in [9.17, 15) is 8.42 Å². The quantitative estimate of drug-likeness (QED) is 0.854. The monoisotopic (exact) mass is 349 g/mol. The van der Waals surface area contributed by atoms with Crippen LogP contribution in [0, 0.1) is 17.8 Å². The van der Waals surface area contributed by atoms with Crippen LogP contribution in [0.25, 0.3) is 0 Å². The van der Waals surface area contributed by atoms with Gasteiger partial charge in [-0.3, -0.25) is 0 Å². The summed E-state index contributed by atoms with van der Waals surface area (Å²) in [6, 6.07) is 9.67. The first-order chi connectivity index (χ1) is 11.3. The molecule has 134 valence electrons. The number of sulfonamides is 1. The number of hydrogen-bond donors (Lipinski definition) is 1. The van der Waals surface area contributed by atoms with Crippen LogP contribution in [0.2, 0.25) is 0 Å². The summed E-state index contributed by atoms with van der Waals surface area (Å²) in [4.78, 5) is 0. The third kappa shape index (κ3) is 3.41. The van der Waals surface area contributed by atoms with E-state index in [0.717, 1.165) is 23.8 Å². The summed E-state index contributed by atoms with van der Waals surface area (Å²) in [7, 11) is -3.42. The molecule has 4 heteroatoms. The molecule has 0 amide bonds. The first-order valence-corrected chi connectivity index (χ1v) is 10.9. The Hall–Kier alpha value is -0.870. The second-order valence-corrected chi connectivity index (χ2v) is 10.6. The van der Waals surface area contributed by atoms with Gasteiger partial charge in [-0.15, -0.1) is 0 Å². The van der Waals surface area contributed by atoms with E-state index in [4.69, 9.17) is 0 Å². The average molecular weight is 350 g/mol. The van der Waals surface area contributed by atoms with Crippen LogP contribution in [-0.4, -0.2) is 14.5 Å². The van der Waals surface area contributed by atoms with Crippen LogP contribution < -0.4 is 4.72 Å². The molecule has 24 heavy (non-hydrogen) atoms. The van der Waals surface area contributed by atoms with Crippen LogP contribution in [0.3, 0.4) is 0 Å². The lowest BCUT2D eigenvalue weighted by Gasteiger charge is -2.44. The van der Waals surface area contributed by atoms with E-state index in [0.29, 0.717) is 5.92 Å². The van der Waals surface area contributed by atoms with Gasteiger partial charge in [0.15, 0.2) is 0 Å². The highest BCUT2D eigenvalue weighted by molar-refractivity contribution is 7.90. The van der Waals surface area contributed by atoms with E-state index in [1.54, 1.807) is 0 Å². The predicted molar refractivity (Wildman–Crippen MR) is 99.2 cm³/mol. The molecule has 1 aromatic carbocycles. The standard InChI is InChI=1S/C20H31NO2S/c1-4-15-12-16-10-11-19(17(13-15)14-16)21-24(22,23)20(2,3)18-8-6-5-7-9-18/h5-9,15-17,19,21H,4,10-14H2,1-3H3. The largest absolute Gasteiger partial charge is 0.221 e. The fraction of sp³-hybridized carbons (Fsp3) is 0.700. The average Bonchev–Trinajstić information content (AvgIpc) is 2.58. The molecule has 1 N–H and O–H groups in total. The van der Waals surface area contributed by atoms with Crippen LogP contribution in [0.15, 0.2) is 30.3 Å². The third-order valence-electron chi connectivity index (χ3n) is 6.42. The number of rotatable bonds is 5. The maximum atomic E-state index is 13.1. The predicted octanol–water partition coefficient (Wildman–Crippen LogP) is 4.45. The first-order valence-electron chi connectivity index (χ1n) is 9.41. The minimum absolute atomic E-state index is 0.114. The maximum absolute atomic E-state index is 13.1. The Labute approximate surface area is 147 Å². The van der Waals surface area contributed by atoms with Crippen molar-refractivity contribution in [3.63, 3.8) is 0 Å². The van der Waals surface area contributed by atoms with Crippen molar-refractivity contribution in [2.75, 3.05) is 0 Å². The van der Waals surface area contributed by atoms with Crippen molar-refractivity contribution >= 4 is 10.0 Å². The summed E-state index contributed by atoms with van der Waals surface area (Å²) in [5, 5.41) is 0. The smallest absolute Gasteiger partial charge is 0.211 e. The molecule has 3 rings (SSSR count). The van der Waals surface area contributed by atoms with Gasteiger partial charge in [-0.25, -0.2) is 13.1 Å². The van der Waals surface area contributed by atoms with Gasteiger partial charge in [0.2, 0.25) is 10.0 Å². The Kier molecular flexibility index (Phi) is 5.08. The minimum atomic E-state index is -3.42. The van der Waals surface area contributed by atoms with Crippen molar-refractivity contribution in [2.45, 2.75) is 70.1 Å². The Morgan fingerprint density at radius 2 is 1.79 bits per heavy atom. The first kappa shape index (κ1) is 17.9. The van der Waals surface area contributed by atoms with Gasteiger partial charge in [-0.2, -0.15) is 0 Å². The molecule has 0 radical (unpaired) electrons. The fourth-order valence-electron chi connectivity index (χ4n) is 4.66. The Bertz CT molecular complexity index is 653. The summed E-state index contributed by atoms with van der Waals surface area (Å²) < 4.78 is 28.4. The number of hydrogen-bond acceptors (Lipinski definition) is 2. The summed E-state index contributed by atoms with van der Waals surface area (Å²) in [5.74, 6) is 2.11. The molecule has 2 fully saturated rings. The van der Waals surface area contributed by atoms with Gasteiger partial charge in [0.1, 0.15) is 4.75 Å². The van der Waals surface area contributed by atoms with Crippen molar-refractivity contribution in [1.29, 1.82) is 0 Å². The number of nitrogens with one attached hydrogen (secondary N) is 1. The molecule has 2 saturated carbocycles. The van der Waals surface area contributed by atoms with E-state index in [1.807, 2.05) is 44.2 Å². The van der Waals surface area contributed by atoms with E-state index >= 15 is 0 Å². The van der Waals surface area contributed by atoms with Crippen molar-refractivity contribution in [2.24, 2.45) is 17.8 Å². The van der Waals surface area contributed by atoms with Crippen LogP contribution >= 0.6 is 0 Å². The van der Waals surface area contributed by atoms with Gasteiger partial charge < -0.3 is 0 Å². The van der Waals surface area contributed by atoms with Crippen molar-refractivity contribution < 1.29 is 8.42 Å². The fourth-order valence-corrected chi connectivity index (χ4v) is 6.11. The SMILES string of the molecule is CCC1CC2CCC(NS(=O)(=O)C(C)(C)c3ccccc3)C(C1)C2. The van der Waals surface area contributed by atoms with Crippen LogP contribution in [0.5, 0.6) is 0 Å². The summed E-state index contributed by atoms with van der Waals surface area (Å²) in [6.45, 7) is 5.89. The van der Waals surface area contributed by atoms with Crippen LogP contribution in [0.4, 0.5) is 0 Å². The van der Waals surface area contributed by atoms with E-state index in [1.165, 1.54) is 32.1 Å². The summed E-state index contributed by atoms with van der Waals surface area (Å²) in [6.07, 6.45) is 7.13. The Balaban J connectivity index is 1.77. The maximum Gasteiger partial charge on any atom is 0.221 e. The molecule has 0 aromatic heterocycles. The molecule has 3 nitrogen and oxygen atoms in total. The molecule has 0 spiro atoms. The van der Waals surface area contributed by atoms with Gasteiger partial charge >= 0.3 is 0 Å². The zero-order chi connectivity index (χ0) is 17.4. The second-order valence-electron chi connectivity index (χ2n) is 8.29. The Morgan fingerprint density at radius 3 is 2.46 bits per heavy atom. The molecule has 0 saturated heterocycles. The zero-order valence-electron chi connectivity index (χ0n) is 15.2. The minimum Gasteiger partial charge on any atom is -0.211 e. The van der Waals surface area contributed by atoms with Gasteiger partial charge in [0, 0.05) is 6.04 Å². The molecule has 2 aliphatic carbocycles. The number of benzene rings is 1. The van der Waals surface area contributed by atoms with Crippen LogP contribution in [0.1, 0.15) is 64.9 Å². The molecule has 2 aliphatic rings. The van der Waals surface area contributed by atoms with Gasteiger partial charge in [-0.05, 0) is 69.3 Å². The topological polar surface area (TPSA) is 46.2 Å². The van der Waals surface area contributed by atoms with E-state index in [-0.39, 0.29) is 6.04 Å². The van der Waals surface area contributed by atoms with Gasteiger partial charge in [0.25, 0.3) is 0 Å². The lowest BCUT2D eigenvalue weighted by molar-refractivity contribution is 0.109. The lowest BCUT2D eigenvalue weighted by atomic mass is 9.65. The van der Waals surface area contributed by atoms with Gasteiger partial charge in [-0.1, -0.05) is 43.7 Å². The molecule has 4 unspecified atom stereocenters. The highest BCUT2D eigenvalue weighted by Crippen LogP contribution is 2.44. The van der Waals surface area contributed by atoms with Crippen LogP contribution in [-0.2, 0) is 14.8 Å². The van der Waals surface area contributed by atoms with E-state index < -0.39 is 14.8 Å². The molecular formula is C20H31NO2S. The molecule has 0 aliphatic heterocycles.